The number of anilines is 1. The summed E-state index contributed by atoms with van der Waals surface area (Å²) in [7, 11) is 0. The predicted octanol–water partition coefficient (Wildman–Crippen LogP) is 1.98. The maximum absolute atomic E-state index is 12.9. The maximum Gasteiger partial charge on any atom is 0.329 e. The molecule has 0 aliphatic carbocycles. The smallest absolute Gasteiger partial charge is 0.329 e. The van der Waals surface area contributed by atoms with Crippen molar-refractivity contribution in [1.29, 1.82) is 0 Å². The molecular formula is C9H7F2NO2. The molecule has 0 spiro atoms. The van der Waals surface area contributed by atoms with Crippen molar-refractivity contribution < 1.29 is 18.7 Å². The third kappa shape index (κ3) is 2.55. The normalized spacial score (nSPS) is 10.4. The van der Waals surface area contributed by atoms with Crippen LogP contribution in [0.3, 0.4) is 0 Å². The molecule has 0 atom stereocenters. The van der Waals surface area contributed by atoms with Gasteiger partial charge in [0, 0.05) is 12.3 Å². The van der Waals surface area contributed by atoms with E-state index >= 15 is 0 Å². The molecule has 0 bridgehead atoms. The summed E-state index contributed by atoms with van der Waals surface area (Å²) in [5.74, 6) is -3.20. The molecule has 14 heavy (non-hydrogen) atoms. The Kier molecular flexibility index (Phi) is 3.17. The maximum atomic E-state index is 12.9. The summed E-state index contributed by atoms with van der Waals surface area (Å²) in [4.78, 5) is 10.0. The van der Waals surface area contributed by atoms with Gasteiger partial charge in [0.2, 0.25) is 0 Å². The molecule has 0 aliphatic heterocycles. The van der Waals surface area contributed by atoms with Gasteiger partial charge in [-0.3, -0.25) is 0 Å². The lowest BCUT2D eigenvalue weighted by Crippen LogP contribution is -1.96. The van der Waals surface area contributed by atoms with Gasteiger partial charge in [-0.1, -0.05) is 6.07 Å². The van der Waals surface area contributed by atoms with E-state index in [-0.39, 0.29) is 5.69 Å². The zero-order valence-electron chi connectivity index (χ0n) is 7.00. The van der Waals surface area contributed by atoms with Gasteiger partial charge in [0.15, 0.2) is 11.6 Å². The van der Waals surface area contributed by atoms with Crippen molar-refractivity contribution in [3.8, 4) is 0 Å². The van der Waals surface area contributed by atoms with Crippen LogP contribution in [-0.4, -0.2) is 11.1 Å². The zero-order chi connectivity index (χ0) is 10.6. The minimum atomic E-state index is -1.17. The number of carboxylic acids is 1. The first kappa shape index (κ1) is 10.2. The van der Waals surface area contributed by atoms with Crippen molar-refractivity contribution >= 4 is 11.7 Å². The number of halogens is 2. The Morgan fingerprint density at radius 3 is 2.79 bits per heavy atom. The molecule has 0 saturated heterocycles. The van der Waals surface area contributed by atoms with Crippen molar-refractivity contribution in [2.45, 2.75) is 0 Å². The third-order valence-corrected chi connectivity index (χ3v) is 1.42. The van der Waals surface area contributed by atoms with Gasteiger partial charge in [0.05, 0.1) is 5.69 Å². The fourth-order valence-electron chi connectivity index (χ4n) is 0.818. The molecule has 0 amide bonds. The molecule has 3 nitrogen and oxygen atoms in total. The Morgan fingerprint density at radius 1 is 1.43 bits per heavy atom. The van der Waals surface area contributed by atoms with Crippen LogP contribution in [0.5, 0.6) is 0 Å². The van der Waals surface area contributed by atoms with Gasteiger partial charge < -0.3 is 10.4 Å². The van der Waals surface area contributed by atoms with Gasteiger partial charge in [-0.05, 0) is 12.1 Å². The Morgan fingerprint density at radius 2 is 2.14 bits per heavy atom. The summed E-state index contributed by atoms with van der Waals surface area (Å²) in [6.45, 7) is 0. The molecule has 5 heteroatoms. The van der Waals surface area contributed by atoms with E-state index < -0.39 is 17.6 Å². The second-order valence-corrected chi connectivity index (χ2v) is 2.42. The molecule has 1 rings (SSSR count). The highest BCUT2D eigenvalue weighted by atomic mass is 19.2. The molecule has 1 aromatic carbocycles. The molecule has 0 unspecified atom stereocenters. The highest BCUT2D eigenvalue weighted by Gasteiger charge is 2.04. The van der Waals surface area contributed by atoms with Crippen LogP contribution in [0.25, 0.3) is 0 Å². The van der Waals surface area contributed by atoms with Crippen LogP contribution in [0.1, 0.15) is 0 Å². The lowest BCUT2D eigenvalue weighted by molar-refractivity contribution is -0.131. The standard InChI is InChI=1S/C9H7F2NO2/c10-6-2-1-3-7(9(6)11)12-5-4-8(13)14/h1-5,12H,(H,13,14)/b5-4+. The first-order valence-corrected chi connectivity index (χ1v) is 3.71. The zero-order valence-corrected chi connectivity index (χ0v) is 7.00. The molecule has 2 N–H and O–H groups in total. The molecule has 0 radical (unpaired) electrons. The fraction of sp³-hybridized carbons (Fsp3) is 0. The molecular weight excluding hydrogens is 192 g/mol. The summed E-state index contributed by atoms with van der Waals surface area (Å²) in [6, 6.07) is 3.58. The van der Waals surface area contributed by atoms with Gasteiger partial charge >= 0.3 is 5.97 Å². The number of rotatable bonds is 3. The summed E-state index contributed by atoms with van der Waals surface area (Å²) in [6.07, 6.45) is 1.80. The Bertz CT molecular complexity index is 377. The van der Waals surface area contributed by atoms with Gasteiger partial charge in [0.25, 0.3) is 0 Å². The molecule has 0 aliphatic rings. The van der Waals surface area contributed by atoms with E-state index in [1.807, 2.05) is 0 Å². The monoisotopic (exact) mass is 199 g/mol. The summed E-state index contributed by atoms with van der Waals surface area (Å²) in [5.41, 5.74) is -0.109. The van der Waals surface area contributed by atoms with E-state index in [2.05, 4.69) is 5.32 Å². The van der Waals surface area contributed by atoms with E-state index in [0.717, 1.165) is 18.3 Å². The predicted molar refractivity (Wildman–Crippen MR) is 46.8 cm³/mol. The van der Waals surface area contributed by atoms with Crippen LogP contribution >= 0.6 is 0 Å². The SMILES string of the molecule is O=C(O)/C=C/Nc1cccc(F)c1F. The lowest BCUT2D eigenvalue weighted by Gasteiger charge is -2.01. The number of carbonyl (C=O) groups is 1. The van der Waals surface area contributed by atoms with Crippen LogP contribution in [0.2, 0.25) is 0 Å². The number of hydrogen-bond donors (Lipinski definition) is 2. The number of hydrogen-bond acceptors (Lipinski definition) is 2. The van der Waals surface area contributed by atoms with E-state index in [1.54, 1.807) is 0 Å². The average molecular weight is 199 g/mol. The quantitative estimate of drug-likeness (QED) is 0.731. The van der Waals surface area contributed by atoms with Crippen molar-refractivity contribution in [3.05, 3.63) is 42.1 Å². The van der Waals surface area contributed by atoms with E-state index in [1.165, 1.54) is 12.1 Å². The number of nitrogens with one attached hydrogen (secondary N) is 1. The van der Waals surface area contributed by atoms with Crippen LogP contribution in [0.4, 0.5) is 14.5 Å². The Hall–Kier alpha value is -1.91. The molecule has 1 aromatic rings. The number of benzene rings is 1. The molecule has 0 heterocycles. The van der Waals surface area contributed by atoms with Crippen molar-refractivity contribution in [1.82, 2.24) is 0 Å². The first-order chi connectivity index (χ1) is 6.61. The van der Waals surface area contributed by atoms with Gasteiger partial charge in [-0.25, -0.2) is 13.6 Å². The molecule has 0 fully saturated rings. The van der Waals surface area contributed by atoms with Crippen LogP contribution in [0.15, 0.2) is 30.5 Å². The molecule has 0 aromatic heterocycles. The average Bonchev–Trinajstić information content (AvgIpc) is 2.12. The first-order valence-electron chi connectivity index (χ1n) is 3.71. The summed E-state index contributed by atoms with van der Waals surface area (Å²) >= 11 is 0. The van der Waals surface area contributed by atoms with Crippen LogP contribution in [0, 0.1) is 11.6 Å². The fourth-order valence-corrected chi connectivity index (χ4v) is 0.818. The largest absolute Gasteiger partial charge is 0.478 e. The molecule has 0 saturated carbocycles. The van der Waals surface area contributed by atoms with Gasteiger partial charge in [-0.2, -0.15) is 0 Å². The minimum Gasteiger partial charge on any atom is -0.478 e. The van der Waals surface area contributed by atoms with E-state index in [4.69, 9.17) is 5.11 Å². The highest BCUT2D eigenvalue weighted by Crippen LogP contribution is 2.16. The topological polar surface area (TPSA) is 49.3 Å². The van der Waals surface area contributed by atoms with Gasteiger partial charge in [-0.15, -0.1) is 0 Å². The second-order valence-electron chi connectivity index (χ2n) is 2.42. The third-order valence-electron chi connectivity index (χ3n) is 1.42. The lowest BCUT2D eigenvalue weighted by atomic mass is 10.3. The Labute approximate surface area is 78.7 Å². The second kappa shape index (κ2) is 4.36. The number of carboxylic acid groups (broad SMARTS) is 1. The minimum absolute atomic E-state index is 0.109. The van der Waals surface area contributed by atoms with Crippen LogP contribution in [-0.2, 0) is 4.79 Å². The van der Waals surface area contributed by atoms with E-state index in [9.17, 15) is 13.6 Å². The van der Waals surface area contributed by atoms with E-state index in [0.29, 0.717) is 0 Å². The Balaban J connectivity index is 2.77. The highest BCUT2D eigenvalue weighted by molar-refractivity contribution is 5.80. The summed E-state index contributed by atoms with van der Waals surface area (Å²) in [5, 5.41) is 10.5. The van der Waals surface area contributed by atoms with Crippen molar-refractivity contribution in [3.63, 3.8) is 0 Å². The van der Waals surface area contributed by atoms with Crippen LogP contribution < -0.4 is 5.32 Å². The van der Waals surface area contributed by atoms with Crippen molar-refractivity contribution in [2.75, 3.05) is 5.32 Å². The summed E-state index contributed by atoms with van der Waals surface area (Å²) < 4.78 is 25.5. The van der Waals surface area contributed by atoms with Crippen molar-refractivity contribution in [2.24, 2.45) is 0 Å². The number of aliphatic carboxylic acids is 1. The van der Waals surface area contributed by atoms with Gasteiger partial charge in [0.1, 0.15) is 0 Å². The molecule has 74 valence electrons.